The van der Waals surface area contributed by atoms with E-state index < -0.39 is 35.9 Å². The second kappa shape index (κ2) is 5.20. The average Bonchev–Trinajstić information content (AvgIpc) is 2.23. The molecular weight excluding hydrogens is 226 g/mol. The van der Waals surface area contributed by atoms with Crippen LogP contribution in [0.1, 0.15) is 20.8 Å². The van der Waals surface area contributed by atoms with Crippen molar-refractivity contribution in [3.63, 3.8) is 0 Å². The molecule has 1 saturated heterocycles. The van der Waals surface area contributed by atoms with Crippen LogP contribution in [-0.4, -0.2) is 52.4 Å². The topological polar surface area (TPSA) is 119 Å². The van der Waals surface area contributed by atoms with Gasteiger partial charge in [0.1, 0.15) is 6.10 Å². The van der Waals surface area contributed by atoms with Crippen LogP contribution >= 0.6 is 0 Å². The average molecular weight is 245 g/mol. The molecule has 1 aliphatic heterocycles. The molecule has 1 aliphatic rings. The van der Waals surface area contributed by atoms with E-state index in [1.165, 1.54) is 0 Å². The first-order chi connectivity index (χ1) is 7.82. The lowest BCUT2D eigenvalue weighted by Crippen LogP contribution is -2.60. The van der Waals surface area contributed by atoms with Gasteiger partial charge in [0.25, 0.3) is 0 Å². The third-order valence-electron chi connectivity index (χ3n) is 2.93. The van der Waals surface area contributed by atoms with E-state index in [-0.39, 0.29) is 6.61 Å². The van der Waals surface area contributed by atoms with E-state index in [2.05, 4.69) is 10.0 Å². The summed E-state index contributed by atoms with van der Waals surface area (Å²) in [4.78, 5) is 2.59. The van der Waals surface area contributed by atoms with Crippen LogP contribution in [0.15, 0.2) is 5.11 Å². The number of rotatable bonds is 2. The fraction of sp³-hybridized carbons (Fsp3) is 1.00. The number of nitrogens with zero attached hydrogens (tertiary/aromatic N) is 3. The second-order valence-electron chi connectivity index (χ2n) is 5.32. The number of hydrogen-bond donors (Lipinski definition) is 3. The summed E-state index contributed by atoms with van der Waals surface area (Å²) in [6.07, 6.45) is -3.80. The largest absolute Gasteiger partial charge is 0.394 e. The van der Waals surface area contributed by atoms with Crippen molar-refractivity contribution in [1.29, 1.82) is 0 Å². The summed E-state index contributed by atoms with van der Waals surface area (Å²) in [5.74, 6) is 0. The maximum atomic E-state index is 9.94. The zero-order valence-corrected chi connectivity index (χ0v) is 10.2. The number of aliphatic hydroxyl groups is 3. The Morgan fingerprint density at radius 3 is 2.29 bits per heavy atom. The van der Waals surface area contributed by atoms with Gasteiger partial charge in [-0.05, 0) is 10.9 Å². The van der Waals surface area contributed by atoms with E-state index in [0.717, 1.165) is 0 Å². The zero-order valence-electron chi connectivity index (χ0n) is 10.2. The van der Waals surface area contributed by atoms with E-state index in [0.29, 0.717) is 0 Å². The molecule has 0 aromatic rings. The second-order valence-corrected chi connectivity index (χ2v) is 5.32. The van der Waals surface area contributed by atoms with E-state index >= 15 is 0 Å². The van der Waals surface area contributed by atoms with Gasteiger partial charge in [0.05, 0.1) is 31.0 Å². The highest BCUT2D eigenvalue weighted by Crippen LogP contribution is 2.33. The predicted molar refractivity (Wildman–Crippen MR) is 60.1 cm³/mol. The zero-order chi connectivity index (χ0) is 13.2. The Morgan fingerprint density at radius 1 is 1.29 bits per heavy atom. The van der Waals surface area contributed by atoms with E-state index in [9.17, 15) is 15.3 Å². The van der Waals surface area contributed by atoms with Gasteiger partial charge in [-0.1, -0.05) is 25.9 Å². The molecule has 0 spiro atoms. The van der Waals surface area contributed by atoms with Gasteiger partial charge in [-0.15, -0.1) is 0 Å². The number of ether oxygens (including phenoxy) is 1. The molecule has 0 aromatic carbocycles. The molecule has 0 radical (unpaired) electrons. The first-order valence-electron chi connectivity index (χ1n) is 5.49. The van der Waals surface area contributed by atoms with Gasteiger partial charge < -0.3 is 20.1 Å². The Bertz CT molecular complexity index is 309. The number of aliphatic hydroxyl groups excluding tert-OH is 3. The van der Waals surface area contributed by atoms with Crippen molar-refractivity contribution in [2.45, 2.75) is 51.2 Å². The van der Waals surface area contributed by atoms with Gasteiger partial charge in [0, 0.05) is 4.91 Å². The Morgan fingerprint density at radius 2 is 1.88 bits per heavy atom. The maximum absolute atomic E-state index is 9.94. The highest BCUT2D eigenvalue weighted by atomic mass is 16.5. The maximum Gasteiger partial charge on any atom is 0.107 e. The van der Waals surface area contributed by atoms with Gasteiger partial charge in [-0.2, -0.15) is 0 Å². The number of azide groups is 1. The summed E-state index contributed by atoms with van der Waals surface area (Å²) in [5.41, 5.74) is 8.00. The fourth-order valence-corrected chi connectivity index (χ4v) is 2.02. The lowest BCUT2D eigenvalue weighted by atomic mass is 9.80. The van der Waals surface area contributed by atoms with Crippen molar-refractivity contribution in [2.75, 3.05) is 6.61 Å². The van der Waals surface area contributed by atoms with Gasteiger partial charge in [-0.3, -0.25) is 0 Å². The van der Waals surface area contributed by atoms with Crippen molar-refractivity contribution in [3.8, 4) is 0 Å². The van der Waals surface area contributed by atoms with Crippen LogP contribution < -0.4 is 0 Å². The Kier molecular flexibility index (Phi) is 4.35. The highest BCUT2D eigenvalue weighted by Gasteiger charge is 2.47. The molecule has 3 N–H and O–H groups in total. The molecule has 0 aliphatic carbocycles. The standard InChI is InChI=1S/C10H19N3O4/c1-10(2,3)9-8(16)7(15)6(12-13-11)5(4-14)17-9/h5-9,14-16H,4H2,1-3H3/t5?,6-,7?,8?,9-/m1/s1. The highest BCUT2D eigenvalue weighted by molar-refractivity contribution is 4.99. The Hall–Kier alpha value is -0.850. The molecule has 0 bridgehead atoms. The smallest absolute Gasteiger partial charge is 0.107 e. The Labute approximate surface area is 99.6 Å². The molecule has 5 atom stereocenters. The normalized spacial score (nSPS) is 38.6. The van der Waals surface area contributed by atoms with E-state index in [1.54, 1.807) is 0 Å². The molecule has 0 amide bonds. The van der Waals surface area contributed by atoms with Gasteiger partial charge in [-0.25, -0.2) is 0 Å². The minimum atomic E-state index is -1.24. The van der Waals surface area contributed by atoms with Crippen LogP contribution in [0, 0.1) is 5.41 Å². The lowest BCUT2D eigenvalue weighted by Gasteiger charge is -2.45. The third kappa shape index (κ3) is 2.88. The van der Waals surface area contributed by atoms with Gasteiger partial charge in [0.2, 0.25) is 0 Å². The summed E-state index contributed by atoms with van der Waals surface area (Å²) < 4.78 is 5.52. The van der Waals surface area contributed by atoms with Crippen LogP contribution in [0.25, 0.3) is 10.4 Å². The van der Waals surface area contributed by atoms with Crippen LogP contribution in [0.4, 0.5) is 0 Å². The van der Waals surface area contributed by atoms with Crippen molar-refractivity contribution < 1.29 is 20.1 Å². The first-order valence-corrected chi connectivity index (χ1v) is 5.49. The predicted octanol–water partition coefficient (Wildman–Crippen LogP) is 0.193. The van der Waals surface area contributed by atoms with Crippen molar-refractivity contribution in [2.24, 2.45) is 10.5 Å². The monoisotopic (exact) mass is 245 g/mol. The SMILES string of the molecule is CC(C)(C)[C@@H]1OC(CO)[C@@H](N=[N+]=[N-])C(O)C1O. The quantitative estimate of drug-likeness (QED) is 0.365. The molecule has 7 heteroatoms. The minimum Gasteiger partial charge on any atom is -0.394 e. The Balaban J connectivity index is 2.97. The van der Waals surface area contributed by atoms with Crippen LogP contribution in [-0.2, 0) is 4.74 Å². The molecule has 0 saturated carbocycles. The molecule has 1 heterocycles. The molecule has 17 heavy (non-hydrogen) atoms. The summed E-state index contributed by atoms with van der Waals surface area (Å²) in [6, 6.07) is -0.974. The van der Waals surface area contributed by atoms with E-state index in [4.69, 9.17) is 10.3 Å². The summed E-state index contributed by atoms with van der Waals surface area (Å²) in [7, 11) is 0. The van der Waals surface area contributed by atoms with Gasteiger partial charge >= 0.3 is 0 Å². The molecular formula is C10H19N3O4. The molecule has 98 valence electrons. The summed E-state index contributed by atoms with van der Waals surface area (Å²) in [6.45, 7) is 5.20. The van der Waals surface area contributed by atoms with Crippen molar-refractivity contribution in [3.05, 3.63) is 10.4 Å². The van der Waals surface area contributed by atoms with Crippen LogP contribution in [0.5, 0.6) is 0 Å². The molecule has 3 unspecified atom stereocenters. The van der Waals surface area contributed by atoms with Crippen molar-refractivity contribution in [1.82, 2.24) is 0 Å². The third-order valence-corrected chi connectivity index (χ3v) is 2.93. The van der Waals surface area contributed by atoms with Crippen molar-refractivity contribution >= 4 is 0 Å². The fourth-order valence-electron chi connectivity index (χ4n) is 2.02. The molecule has 7 nitrogen and oxygen atoms in total. The van der Waals surface area contributed by atoms with Crippen LogP contribution in [0.3, 0.4) is 0 Å². The minimum absolute atomic E-state index is 0.375. The lowest BCUT2D eigenvalue weighted by molar-refractivity contribution is -0.214. The van der Waals surface area contributed by atoms with E-state index in [1.807, 2.05) is 20.8 Å². The molecule has 1 fully saturated rings. The molecule has 0 aromatic heterocycles. The summed E-state index contributed by atoms with van der Waals surface area (Å²) in [5, 5.41) is 32.4. The summed E-state index contributed by atoms with van der Waals surface area (Å²) >= 11 is 0. The molecule has 1 rings (SSSR count). The van der Waals surface area contributed by atoms with Gasteiger partial charge in [0.15, 0.2) is 0 Å². The first kappa shape index (κ1) is 14.2. The number of hydrogen-bond acceptors (Lipinski definition) is 5. The van der Waals surface area contributed by atoms with Crippen LogP contribution in [0.2, 0.25) is 0 Å².